The fourth-order valence-electron chi connectivity index (χ4n) is 3.36. The topological polar surface area (TPSA) is 71.1 Å². The van der Waals surface area contributed by atoms with Gasteiger partial charge < -0.3 is 4.74 Å². The van der Waals surface area contributed by atoms with Gasteiger partial charge in [0, 0.05) is 11.4 Å². The molecule has 0 bridgehead atoms. The summed E-state index contributed by atoms with van der Waals surface area (Å²) in [6.45, 7) is 3.43. The molecule has 0 spiro atoms. The number of benzene rings is 1. The van der Waals surface area contributed by atoms with E-state index in [1.807, 2.05) is 18.2 Å². The molecule has 146 valence electrons. The van der Waals surface area contributed by atoms with Crippen molar-refractivity contribution >= 4 is 17.3 Å². The largest absolute Gasteiger partial charge is 0.454 e. The van der Waals surface area contributed by atoms with E-state index in [0.29, 0.717) is 11.4 Å². The van der Waals surface area contributed by atoms with E-state index in [1.54, 1.807) is 23.5 Å². The number of likely N-dealkylation sites (tertiary alicyclic amines) is 1. The molecule has 6 nitrogen and oxygen atoms in total. The number of aromatic nitrogens is 3. The Bertz CT molecular complexity index is 898. The van der Waals surface area contributed by atoms with Crippen LogP contribution in [0.3, 0.4) is 0 Å². The molecule has 4 rings (SSSR count). The summed E-state index contributed by atoms with van der Waals surface area (Å²) in [5.74, 6) is 0.822. The number of ether oxygens (including phenoxy) is 1. The zero-order valence-corrected chi connectivity index (χ0v) is 16.6. The second-order valence-corrected chi connectivity index (χ2v) is 8.17. The van der Waals surface area contributed by atoms with E-state index in [1.165, 1.54) is 43.6 Å². The normalized spacial score (nSPS) is 15.3. The summed E-state index contributed by atoms with van der Waals surface area (Å²) in [6.07, 6.45) is 5.29. The van der Waals surface area contributed by atoms with E-state index in [9.17, 15) is 4.79 Å². The molecule has 0 amide bonds. The Kier molecular flexibility index (Phi) is 6.14. The number of nitrogens with zero attached hydrogens (tertiary/aromatic N) is 3. The number of esters is 1. The zero-order valence-electron chi connectivity index (χ0n) is 15.8. The monoisotopic (exact) mass is 396 g/mol. The van der Waals surface area contributed by atoms with E-state index in [2.05, 4.69) is 32.2 Å². The van der Waals surface area contributed by atoms with Crippen LogP contribution in [0, 0.1) is 0 Å². The minimum atomic E-state index is -0.372. The molecule has 2 aromatic heterocycles. The van der Waals surface area contributed by atoms with Gasteiger partial charge in [0.1, 0.15) is 0 Å². The third-order valence-corrected chi connectivity index (χ3v) is 5.92. The third-order valence-electron chi connectivity index (χ3n) is 4.85. The molecule has 1 fully saturated rings. The smallest absolute Gasteiger partial charge is 0.338 e. The summed E-state index contributed by atoms with van der Waals surface area (Å²) >= 11 is 1.74. The van der Waals surface area contributed by atoms with Crippen molar-refractivity contribution in [3.63, 3.8) is 0 Å². The molecule has 1 saturated heterocycles. The summed E-state index contributed by atoms with van der Waals surface area (Å²) in [5.41, 5.74) is 0.523. The van der Waals surface area contributed by atoms with Crippen LogP contribution in [0.5, 0.6) is 0 Å². The lowest BCUT2D eigenvalue weighted by atomic mass is 10.2. The van der Waals surface area contributed by atoms with Gasteiger partial charge in [0.2, 0.25) is 0 Å². The van der Waals surface area contributed by atoms with Gasteiger partial charge in [0.25, 0.3) is 0 Å². The molecule has 0 radical (unpaired) electrons. The van der Waals surface area contributed by atoms with Crippen LogP contribution in [0.2, 0.25) is 0 Å². The highest BCUT2D eigenvalue weighted by Gasteiger charge is 2.14. The first-order valence-corrected chi connectivity index (χ1v) is 10.5. The molecule has 7 heteroatoms. The molecule has 3 heterocycles. The van der Waals surface area contributed by atoms with Crippen molar-refractivity contribution in [2.24, 2.45) is 0 Å². The Morgan fingerprint density at radius 1 is 1.07 bits per heavy atom. The van der Waals surface area contributed by atoms with E-state index in [4.69, 9.17) is 4.74 Å². The van der Waals surface area contributed by atoms with Crippen LogP contribution in [0.4, 0.5) is 0 Å². The highest BCUT2D eigenvalue weighted by Crippen LogP contribution is 2.27. The second-order valence-electron chi connectivity index (χ2n) is 7.00. The molecule has 28 heavy (non-hydrogen) atoms. The van der Waals surface area contributed by atoms with Gasteiger partial charge in [0.15, 0.2) is 18.3 Å². The Hall–Kier alpha value is -2.51. The van der Waals surface area contributed by atoms with Crippen molar-refractivity contribution in [2.45, 2.75) is 38.8 Å². The Morgan fingerprint density at radius 2 is 1.86 bits per heavy atom. The van der Waals surface area contributed by atoms with Gasteiger partial charge in [-0.2, -0.15) is 5.10 Å². The van der Waals surface area contributed by atoms with Gasteiger partial charge in [-0.3, -0.25) is 10.00 Å². The lowest BCUT2D eigenvalue weighted by molar-refractivity contribution is 0.0462. The van der Waals surface area contributed by atoms with Gasteiger partial charge in [-0.05, 0) is 50.2 Å². The van der Waals surface area contributed by atoms with Crippen LogP contribution in [-0.4, -0.2) is 39.1 Å². The molecular formula is C21H24N4O2S. The van der Waals surface area contributed by atoms with Crippen molar-refractivity contribution in [2.75, 3.05) is 13.1 Å². The minimum absolute atomic E-state index is 0.0518. The maximum absolute atomic E-state index is 12.0. The molecular weight excluding hydrogens is 372 g/mol. The second kappa shape index (κ2) is 9.12. The predicted octanol–water partition coefficient (Wildman–Crippen LogP) is 4.27. The van der Waals surface area contributed by atoms with E-state index in [0.717, 1.165) is 17.2 Å². The van der Waals surface area contributed by atoms with Gasteiger partial charge in [-0.1, -0.05) is 31.0 Å². The lowest BCUT2D eigenvalue weighted by Gasteiger charge is -2.18. The van der Waals surface area contributed by atoms with Gasteiger partial charge in [-0.15, -0.1) is 11.3 Å². The average molecular weight is 397 g/mol. The molecule has 3 aromatic rings. The summed E-state index contributed by atoms with van der Waals surface area (Å²) in [4.78, 5) is 21.4. The summed E-state index contributed by atoms with van der Waals surface area (Å²) < 4.78 is 5.29. The number of carbonyl (C=O) groups is 1. The number of rotatable bonds is 6. The van der Waals surface area contributed by atoms with Crippen molar-refractivity contribution < 1.29 is 9.53 Å². The molecule has 0 atom stereocenters. The Balaban J connectivity index is 1.34. The third kappa shape index (κ3) is 4.85. The number of hydrogen-bond donors (Lipinski definition) is 1. The van der Waals surface area contributed by atoms with E-state index >= 15 is 0 Å². The first-order chi connectivity index (χ1) is 13.8. The maximum Gasteiger partial charge on any atom is 0.338 e. The van der Waals surface area contributed by atoms with E-state index in [-0.39, 0.29) is 12.6 Å². The number of nitrogens with one attached hydrogen (secondary N) is 1. The number of aromatic amines is 1. The van der Waals surface area contributed by atoms with Crippen molar-refractivity contribution in [3.8, 4) is 10.7 Å². The van der Waals surface area contributed by atoms with Crippen LogP contribution >= 0.6 is 11.3 Å². The SMILES string of the molecule is O=C(OCc1n[nH]c(-c2ccc(CN3CCCCCC3)s2)n1)c1ccccc1. The van der Waals surface area contributed by atoms with Crippen LogP contribution in [0.1, 0.15) is 46.7 Å². The standard InChI is InChI=1S/C21H24N4O2S/c26-21(16-8-4-3-5-9-16)27-15-19-22-20(24-23-19)18-11-10-17(28-18)14-25-12-6-1-2-7-13-25/h3-5,8-11H,1-2,6-7,12-15H2,(H,22,23,24). The minimum Gasteiger partial charge on any atom is -0.454 e. The quantitative estimate of drug-likeness (QED) is 0.630. The van der Waals surface area contributed by atoms with Crippen LogP contribution in [0.25, 0.3) is 10.7 Å². The first kappa shape index (κ1) is 18.8. The van der Waals surface area contributed by atoms with Gasteiger partial charge in [0.05, 0.1) is 10.4 Å². The molecule has 1 aliphatic rings. The fraction of sp³-hybridized carbons (Fsp3) is 0.381. The average Bonchev–Trinajstić information content (AvgIpc) is 3.31. The summed E-state index contributed by atoms with van der Waals surface area (Å²) in [7, 11) is 0. The maximum atomic E-state index is 12.0. The highest BCUT2D eigenvalue weighted by molar-refractivity contribution is 7.15. The lowest BCUT2D eigenvalue weighted by Crippen LogP contribution is -2.23. The molecule has 0 unspecified atom stereocenters. The molecule has 1 aliphatic heterocycles. The van der Waals surface area contributed by atoms with Gasteiger partial charge >= 0.3 is 5.97 Å². The van der Waals surface area contributed by atoms with Gasteiger partial charge in [-0.25, -0.2) is 9.78 Å². The fourth-order valence-corrected chi connectivity index (χ4v) is 4.35. The van der Waals surface area contributed by atoms with Crippen LogP contribution < -0.4 is 0 Å². The molecule has 1 N–H and O–H groups in total. The predicted molar refractivity (Wildman–Crippen MR) is 109 cm³/mol. The zero-order chi connectivity index (χ0) is 19.2. The number of H-pyrrole nitrogens is 1. The number of hydrogen-bond acceptors (Lipinski definition) is 6. The van der Waals surface area contributed by atoms with Crippen molar-refractivity contribution in [1.82, 2.24) is 20.1 Å². The Morgan fingerprint density at radius 3 is 2.64 bits per heavy atom. The highest BCUT2D eigenvalue weighted by atomic mass is 32.1. The number of thiophene rings is 1. The van der Waals surface area contributed by atoms with E-state index < -0.39 is 0 Å². The molecule has 0 saturated carbocycles. The van der Waals surface area contributed by atoms with Crippen molar-refractivity contribution in [3.05, 3.63) is 58.7 Å². The van der Waals surface area contributed by atoms with Crippen molar-refractivity contribution in [1.29, 1.82) is 0 Å². The van der Waals surface area contributed by atoms with Crippen LogP contribution in [-0.2, 0) is 17.9 Å². The summed E-state index contributed by atoms with van der Waals surface area (Å²) in [6, 6.07) is 13.2. The number of carbonyl (C=O) groups excluding carboxylic acids is 1. The summed E-state index contributed by atoms with van der Waals surface area (Å²) in [5, 5.41) is 7.14. The first-order valence-electron chi connectivity index (χ1n) is 9.73. The van der Waals surface area contributed by atoms with Crippen LogP contribution in [0.15, 0.2) is 42.5 Å². The Labute approximate surface area is 168 Å². The molecule has 0 aliphatic carbocycles. The molecule has 1 aromatic carbocycles.